The first-order chi connectivity index (χ1) is 18.0. The quantitative estimate of drug-likeness (QED) is 0.431. The van der Waals surface area contributed by atoms with E-state index in [4.69, 9.17) is 9.57 Å². The van der Waals surface area contributed by atoms with E-state index >= 15 is 0 Å². The van der Waals surface area contributed by atoms with Crippen LogP contribution in [0.25, 0.3) is 0 Å². The van der Waals surface area contributed by atoms with Crippen LogP contribution in [-0.2, 0) is 19.2 Å². The van der Waals surface area contributed by atoms with Crippen LogP contribution in [0.2, 0.25) is 0 Å². The van der Waals surface area contributed by atoms with Gasteiger partial charge in [-0.1, -0.05) is 67.6 Å². The molecule has 8 heteroatoms. The third-order valence-corrected chi connectivity index (χ3v) is 6.71. The highest BCUT2D eigenvalue weighted by Crippen LogP contribution is 2.49. The molecule has 1 N–H and O–H groups in total. The van der Waals surface area contributed by atoms with E-state index < -0.39 is 36.0 Å². The Hall–Kier alpha value is -4.01. The van der Waals surface area contributed by atoms with Gasteiger partial charge < -0.3 is 9.84 Å². The Balaban J connectivity index is 1.51. The number of nitrogens with zero attached hydrogens (tertiary/aromatic N) is 2. The number of carboxylic acids is 1. The fraction of sp³-hybridized carbons (Fsp3) is 0.276. The highest BCUT2D eigenvalue weighted by molar-refractivity contribution is 6.23. The van der Waals surface area contributed by atoms with Gasteiger partial charge in [0, 0.05) is 0 Å². The zero-order valence-electron chi connectivity index (χ0n) is 20.4. The van der Waals surface area contributed by atoms with Crippen molar-refractivity contribution in [3.63, 3.8) is 0 Å². The lowest BCUT2D eigenvalue weighted by atomic mass is 9.89. The molecule has 0 saturated carbocycles. The number of carboxylic acid groups (broad SMARTS) is 1. The summed E-state index contributed by atoms with van der Waals surface area (Å²) in [4.78, 5) is 46.6. The van der Waals surface area contributed by atoms with Gasteiger partial charge >= 0.3 is 5.97 Å². The van der Waals surface area contributed by atoms with E-state index in [1.54, 1.807) is 29.3 Å². The summed E-state index contributed by atoms with van der Waals surface area (Å²) >= 11 is 0. The van der Waals surface area contributed by atoms with Gasteiger partial charge in [0.2, 0.25) is 5.91 Å². The molecule has 3 aromatic rings. The van der Waals surface area contributed by atoms with Gasteiger partial charge in [-0.2, -0.15) is 5.06 Å². The van der Waals surface area contributed by atoms with Crippen molar-refractivity contribution in [2.75, 3.05) is 11.5 Å². The summed E-state index contributed by atoms with van der Waals surface area (Å²) in [5.74, 6) is -2.02. The first-order valence-corrected chi connectivity index (χ1v) is 12.4. The van der Waals surface area contributed by atoms with Gasteiger partial charge in [0.1, 0.15) is 5.75 Å². The lowest BCUT2D eigenvalue weighted by Crippen LogP contribution is -2.39. The molecule has 8 nitrogen and oxygen atoms in total. The molecular weight excluding hydrogens is 472 g/mol. The SMILES string of the molecule is CCCOc1ccc(N2C(=O)[C@@H]3[C@H](ON([C@@H](CC(=O)O)c4ccccc4)[C@H]3c3ccccc3)C2=O)cc1. The molecule has 0 bridgehead atoms. The van der Waals surface area contributed by atoms with Crippen molar-refractivity contribution in [3.05, 3.63) is 96.1 Å². The van der Waals surface area contributed by atoms with E-state index in [9.17, 15) is 19.5 Å². The Bertz CT molecular complexity index is 1260. The largest absolute Gasteiger partial charge is 0.494 e. The highest BCUT2D eigenvalue weighted by Gasteiger charge is 2.61. The Labute approximate surface area is 215 Å². The second-order valence-electron chi connectivity index (χ2n) is 9.15. The molecule has 2 aliphatic heterocycles. The van der Waals surface area contributed by atoms with Crippen LogP contribution < -0.4 is 9.64 Å². The standard InChI is InChI=1S/C29H28N2O6/c1-2-17-36-22-15-13-21(14-16-22)30-28(34)25-26(20-11-7-4-8-12-20)31(37-27(25)29(30)35)23(18-24(32)33)19-9-5-3-6-10-19/h3-16,23,25-27H,2,17-18H2,1H3,(H,32,33)/t23-,25-,26-,27-/m0/s1. The third-order valence-electron chi connectivity index (χ3n) is 6.71. The normalized spacial score (nSPS) is 22.2. The third kappa shape index (κ3) is 4.73. The zero-order valence-corrected chi connectivity index (χ0v) is 20.4. The fourth-order valence-electron chi connectivity index (χ4n) is 5.07. The van der Waals surface area contributed by atoms with Gasteiger partial charge in [-0.3, -0.25) is 19.2 Å². The molecule has 0 spiro atoms. The molecule has 2 heterocycles. The summed E-state index contributed by atoms with van der Waals surface area (Å²) in [5.41, 5.74) is 1.94. The molecular formula is C29H28N2O6. The molecule has 2 amide bonds. The van der Waals surface area contributed by atoms with Crippen molar-refractivity contribution in [2.24, 2.45) is 5.92 Å². The van der Waals surface area contributed by atoms with E-state index in [1.807, 2.05) is 67.6 Å². The monoisotopic (exact) mass is 500 g/mol. The van der Waals surface area contributed by atoms with Gasteiger partial charge in [-0.15, -0.1) is 0 Å². The molecule has 2 fully saturated rings. The zero-order chi connectivity index (χ0) is 25.9. The van der Waals surface area contributed by atoms with Crippen molar-refractivity contribution < 1.29 is 29.1 Å². The van der Waals surface area contributed by atoms with Gasteiger partial charge in [0.05, 0.1) is 36.7 Å². The van der Waals surface area contributed by atoms with E-state index in [2.05, 4.69) is 0 Å². The number of hydroxylamine groups is 2. The van der Waals surface area contributed by atoms with E-state index in [-0.39, 0.29) is 12.3 Å². The topological polar surface area (TPSA) is 96.4 Å². The molecule has 2 saturated heterocycles. The smallest absolute Gasteiger partial charge is 0.305 e. The average Bonchev–Trinajstić information content (AvgIpc) is 3.42. The van der Waals surface area contributed by atoms with Crippen LogP contribution in [0.3, 0.4) is 0 Å². The Morgan fingerprint density at radius 3 is 2.22 bits per heavy atom. The lowest BCUT2D eigenvalue weighted by molar-refractivity contribution is -0.197. The van der Waals surface area contributed by atoms with Crippen molar-refractivity contribution in [3.8, 4) is 5.75 Å². The molecule has 0 radical (unpaired) electrons. The molecule has 3 aromatic carbocycles. The summed E-state index contributed by atoms with van der Waals surface area (Å²) in [5, 5.41) is 11.2. The summed E-state index contributed by atoms with van der Waals surface area (Å²) in [6, 6.07) is 23.9. The van der Waals surface area contributed by atoms with Crippen molar-refractivity contribution in [1.82, 2.24) is 5.06 Å². The summed E-state index contributed by atoms with van der Waals surface area (Å²) < 4.78 is 5.62. The second-order valence-corrected chi connectivity index (χ2v) is 9.15. The number of ether oxygens (including phenoxy) is 1. The Morgan fingerprint density at radius 1 is 0.946 bits per heavy atom. The number of aliphatic carboxylic acids is 1. The minimum Gasteiger partial charge on any atom is -0.494 e. The maximum Gasteiger partial charge on any atom is 0.305 e. The first-order valence-electron chi connectivity index (χ1n) is 12.4. The number of hydrogen-bond acceptors (Lipinski definition) is 6. The minimum absolute atomic E-state index is 0.252. The molecule has 2 aliphatic rings. The molecule has 37 heavy (non-hydrogen) atoms. The number of carbonyl (C=O) groups is 3. The Morgan fingerprint density at radius 2 is 1.59 bits per heavy atom. The summed E-state index contributed by atoms with van der Waals surface area (Å²) in [6.07, 6.45) is -0.443. The van der Waals surface area contributed by atoms with Crippen LogP contribution in [0, 0.1) is 5.92 Å². The Kier molecular flexibility index (Phi) is 7.03. The number of carbonyl (C=O) groups excluding carboxylic acids is 2. The number of rotatable bonds is 9. The van der Waals surface area contributed by atoms with Gasteiger partial charge in [-0.25, -0.2) is 4.90 Å². The predicted octanol–water partition coefficient (Wildman–Crippen LogP) is 4.54. The maximum atomic E-state index is 13.8. The number of anilines is 1. The van der Waals surface area contributed by atoms with Crippen molar-refractivity contribution in [2.45, 2.75) is 38.0 Å². The number of imide groups is 1. The summed E-state index contributed by atoms with van der Waals surface area (Å²) in [6.45, 7) is 2.59. The highest BCUT2D eigenvalue weighted by atomic mass is 16.7. The van der Waals surface area contributed by atoms with Gasteiger partial charge in [-0.05, 0) is 41.8 Å². The van der Waals surface area contributed by atoms with Crippen molar-refractivity contribution >= 4 is 23.5 Å². The maximum absolute atomic E-state index is 13.8. The molecule has 5 rings (SSSR count). The van der Waals surface area contributed by atoms with Crippen LogP contribution in [0.5, 0.6) is 5.75 Å². The predicted molar refractivity (Wildman–Crippen MR) is 136 cm³/mol. The number of amides is 2. The average molecular weight is 501 g/mol. The van der Waals surface area contributed by atoms with Gasteiger partial charge in [0.25, 0.3) is 5.91 Å². The first kappa shape index (κ1) is 24.7. The second kappa shape index (κ2) is 10.5. The van der Waals surface area contributed by atoms with Crippen LogP contribution in [-0.4, -0.2) is 40.7 Å². The minimum atomic E-state index is -1.06. The van der Waals surface area contributed by atoms with Crippen LogP contribution in [0.15, 0.2) is 84.9 Å². The van der Waals surface area contributed by atoms with Crippen molar-refractivity contribution in [1.29, 1.82) is 0 Å². The van der Waals surface area contributed by atoms with Crippen LogP contribution in [0.4, 0.5) is 5.69 Å². The number of hydrogen-bond donors (Lipinski definition) is 1. The molecule has 4 atom stereocenters. The molecule has 0 aliphatic carbocycles. The number of fused-ring (bicyclic) bond motifs is 1. The van der Waals surface area contributed by atoms with E-state index in [0.717, 1.165) is 17.5 Å². The molecule has 190 valence electrons. The van der Waals surface area contributed by atoms with E-state index in [0.29, 0.717) is 18.0 Å². The molecule has 0 unspecified atom stereocenters. The lowest BCUT2D eigenvalue weighted by Gasteiger charge is -2.33. The van der Waals surface area contributed by atoms with Gasteiger partial charge in [0.15, 0.2) is 6.10 Å². The fourth-order valence-corrected chi connectivity index (χ4v) is 5.07. The van der Waals surface area contributed by atoms with E-state index in [1.165, 1.54) is 4.90 Å². The van der Waals surface area contributed by atoms with Crippen LogP contribution >= 0.6 is 0 Å². The molecule has 0 aromatic heterocycles. The summed E-state index contributed by atoms with van der Waals surface area (Å²) in [7, 11) is 0. The number of benzene rings is 3. The van der Waals surface area contributed by atoms with Crippen LogP contribution in [0.1, 0.15) is 43.0 Å².